The fourth-order valence-corrected chi connectivity index (χ4v) is 3.44. The zero-order chi connectivity index (χ0) is 14.4. The van der Waals surface area contributed by atoms with Crippen molar-refractivity contribution in [2.45, 2.75) is 49.7 Å². The number of hydrogen-bond acceptors (Lipinski definition) is 4. The number of nitrogens with one attached hydrogen (secondary N) is 1. The lowest BCUT2D eigenvalue weighted by Crippen LogP contribution is -2.27. The molecule has 20 heavy (non-hydrogen) atoms. The highest BCUT2D eigenvalue weighted by Crippen LogP contribution is 2.45. The SMILES string of the molecule is Cc1ccc(S(=O)(=O)N/N=C2\CCC[C@]3(C)O[C@H]23)cc1. The van der Waals surface area contributed by atoms with Crippen LogP contribution in [0.3, 0.4) is 0 Å². The zero-order valence-electron chi connectivity index (χ0n) is 11.6. The van der Waals surface area contributed by atoms with Gasteiger partial charge in [0.15, 0.2) is 0 Å². The molecule has 2 atom stereocenters. The van der Waals surface area contributed by atoms with Crippen LogP contribution in [0.2, 0.25) is 0 Å². The van der Waals surface area contributed by atoms with Crippen LogP contribution in [0.15, 0.2) is 34.3 Å². The molecule has 1 heterocycles. The van der Waals surface area contributed by atoms with Crippen molar-refractivity contribution in [1.82, 2.24) is 4.83 Å². The second kappa shape index (κ2) is 4.56. The number of fused-ring (bicyclic) bond motifs is 1. The van der Waals surface area contributed by atoms with E-state index in [1.807, 2.05) is 13.8 Å². The van der Waals surface area contributed by atoms with Crippen LogP contribution in [0.1, 0.15) is 31.7 Å². The maximum Gasteiger partial charge on any atom is 0.276 e. The van der Waals surface area contributed by atoms with Gasteiger partial charge in [-0.25, -0.2) is 4.83 Å². The number of epoxide rings is 1. The molecule has 0 radical (unpaired) electrons. The molecule has 1 aliphatic heterocycles. The minimum atomic E-state index is -3.59. The number of rotatable bonds is 3. The highest BCUT2D eigenvalue weighted by molar-refractivity contribution is 7.89. The van der Waals surface area contributed by atoms with E-state index in [0.717, 1.165) is 30.5 Å². The van der Waals surface area contributed by atoms with Crippen LogP contribution >= 0.6 is 0 Å². The monoisotopic (exact) mass is 294 g/mol. The van der Waals surface area contributed by atoms with Crippen LogP contribution in [0.4, 0.5) is 0 Å². The Bertz CT molecular complexity index is 652. The molecular weight excluding hydrogens is 276 g/mol. The smallest absolute Gasteiger partial charge is 0.276 e. The van der Waals surface area contributed by atoms with Gasteiger partial charge in [-0.1, -0.05) is 17.7 Å². The van der Waals surface area contributed by atoms with Crippen LogP contribution in [0.5, 0.6) is 0 Å². The molecule has 1 aliphatic carbocycles. The lowest BCUT2D eigenvalue weighted by atomic mass is 9.89. The standard InChI is InChI=1S/C14H18N2O3S/c1-10-5-7-11(8-6-10)20(17,18)16-15-12-4-3-9-14(2)13(12)19-14/h5-8,13,16H,3-4,9H2,1-2H3/b15-12+/t13-,14+/m1/s1. The molecule has 5 nitrogen and oxygen atoms in total. The molecule has 1 aromatic rings. The Labute approximate surface area is 119 Å². The molecule has 0 unspecified atom stereocenters. The van der Waals surface area contributed by atoms with E-state index in [-0.39, 0.29) is 16.6 Å². The summed E-state index contributed by atoms with van der Waals surface area (Å²) in [7, 11) is -3.59. The van der Waals surface area contributed by atoms with Gasteiger partial charge in [-0.3, -0.25) is 0 Å². The number of hydrogen-bond donors (Lipinski definition) is 1. The van der Waals surface area contributed by atoms with Crippen molar-refractivity contribution in [2.24, 2.45) is 5.10 Å². The molecule has 2 fully saturated rings. The largest absolute Gasteiger partial charge is 0.360 e. The van der Waals surface area contributed by atoms with Gasteiger partial charge in [0.25, 0.3) is 10.0 Å². The second-order valence-corrected chi connectivity index (χ2v) is 7.34. The van der Waals surface area contributed by atoms with E-state index in [1.54, 1.807) is 24.3 Å². The molecule has 0 amide bonds. The third-order valence-corrected chi connectivity index (χ3v) is 5.16. The highest BCUT2D eigenvalue weighted by atomic mass is 32.2. The Morgan fingerprint density at radius 3 is 2.75 bits per heavy atom. The van der Waals surface area contributed by atoms with Crippen molar-refractivity contribution in [3.8, 4) is 0 Å². The van der Waals surface area contributed by atoms with E-state index >= 15 is 0 Å². The average molecular weight is 294 g/mol. The molecule has 0 spiro atoms. The first kappa shape index (κ1) is 13.6. The van der Waals surface area contributed by atoms with E-state index in [9.17, 15) is 8.42 Å². The lowest BCUT2D eigenvalue weighted by molar-refractivity contribution is 0.306. The van der Waals surface area contributed by atoms with Gasteiger partial charge in [0.05, 0.1) is 16.2 Å². The van der Waals surface area contributed by atoms with Crippen molar-refractivity contribution in [2.75, 3.05) is 0 Å². The summed E-state index contributed by atoms with van der Waals surface area (Å²) in [6, 6.07) is 6.69. The average Bonchev–Trinajstić information content (AvgIpc) is 3.09. The highest BCUT2D eigenvalue weighted by Gasteiger charge is 2.56. The maximum atomic E-state index is 12.1. The summed E-state index contributed by atoms with van der Waals surface area (Å²) >= 11 is 0. The van der Waals surface area contributed by atoms with Gasteiger partial charge in [0.2, 0.25) is 0 Å². The summed E-state index contributed by atoms with van der Waals surface area (Å²) in [4.78, 5) is 2.54. The van der Waals surface area contributed by atoms with Crippen molar-refractivity contribution < 1.29 is 13.2 Å². The van der Waals surface area contributed by atoms with E-state index in [2.05, 4.69) is 9.93 Å². The minimum Gasteiger partial charge on any atom is -0.360 e. The molecule has 108 valence electrons. The number of benzene rings is 1. The summed E-state index contributed by atoms with van der Waals surface area (Å²) in [6.07, 6.45) is 2.77. The quantitative estimate of drug-likeness (QED) is 0.684. The van der Waals surface area contributed by atoms with Gasteiger partial charge in [0.1, 0.15) is 6.10 Å². The lowest BCUT2D eigenvalue weighted by Gasteiger charge is -2.14. The van der Waals surface area contributed by atoms with Crippen molar-refractivity contribution in [3.63, 3.8) is 0 Å². The van der Waals surface area contributed by atoms with Crippen molar-refractivity contribution in [3.05, 3.63) is 29.8 Å². The van der Waals surface area contributed by atoms with Crippen molar-refractivity contribution >= 4 is 15.7 Å². The third kappa shape index (κ3) is 2.45. The Morgan fingerprint density at radius 2 is 2.05 bits per heavy atom. The summed E-state index contributed by atoms with van der Waals surface area (Å²) in [5.41, 5.74) is 1.70. The zero-order valence-corrected chi connectivity index (χ0v) is 12.4. The van der Waals surface area contributed by atoms with Gasteiger partial charge in [-0.15, -0.1) is 0 Å². The van der Waals surface area contributed by atoms with Gasteiger partial charge >= 0.3 is 0 Å². The Balaban J connectivity index is 1.76. The summed E-state index contributed by atoms with van der Waals surface area (Å²) in [5, 5.41) is 4.08. The molecule has 0 bridgehead atoms. The number of sulfonamides is 1. The van der Waals surface area contributed by atoms with Gasteiger partial charge in [-0.05, 0) is 45.2 Å². The Hall–Kier alpha value is -1.40. The number of hydrazone groups is 1. The van der Waals surface area contributed by atoms with E-state index in [0.29, 0.717) is 0 Å². The molecule has 0 aromatic heterocycles. The first-order chi connectivity index (χ1) is 9.41. The Kier molecular flexibility index (Phi) is 3.10. The first-order valence-corrected chi connectivity index (χ1v) is 8.22. The number of nitrogens with zero attached hydrogens (tertiary/aromatic N) is 1. The first-order valence-electron chi connectivity index (χ1n) is 6.73. The predicted molar refractivity (Wildman–Crippen MR) is 76.1 cm³/mol. The van der Waals surface area contributed by atoms with E-state index < -0.39 is 10.0 Å². The number of ether oxygens (including phenoxy) is 1. The van der Waals surface area contributed by atoms with Crippen LogP contribution in [0.25, 0.3) is 0 Å². The molecule has 1 saturated heterocycles. The third-order valence-electron chi connectivity index (χ3n) is 3.93. The van der Waals surface area contributed by atoms with Gasteiger partial charge < -0.3 is 4.74 Å². The Morgan fingerprint density at radius 1 is 1.35 bits per heavy atom. The normalized spacial score (nSPS) is 30.9. The topological polar surface area (TPSA) is 71.1 Å². The van der Waals surface area contributed by atoms with E-state index in [1.165, 1.54) is 0 Å². The molecule has 1 saturated carbocycles. The van der Waals surface area contributed by atoms with Gasteiger partial charge in [-0.2, -0.15) is 13.5 Å². The fourth-order valence-electron chi connectivity index (χ4n) is 2.60. The molecule has 6 heteroatoms. The number of aryl methyl sites for hydroxylation is 1. The molecule has 2 aliphatic rings. The maximum absolute atomic E-state index is 12.1. The molecular formula is C14H18N2O3S. The van der Waals surface area contributed by atoms with Crippen LogP contribution in [-0.2, 0) is 14.8 Å². The fraction of sp³-hybridized carbons (Fsp3) is 0.500. The summed E-state index contributed by atoms with van der Waals surface area (Å²) in [5.74, 6) is 0. The molecule has 1 N–H and O–H groups in total. The van der Waals surface area contributed by atoms with Crippen LogP contribution in [-0.4, -0.2) is 25.8 Å². The second-order valence-electron chi connectivity index (χ2n) is 5.68. The summed E-state index contributed by atoms with van der Waals surface area (Å²) in [6.45, 7) is 3.96. The van der Waals surface area contributed by atoms with Crippen LogP contribution < -0.4 is 4.83 Å². The molecule has 3 rings (SSSR count). The van der Waals surface area contributed by atoms with Gasteiger partial charge in [0, 0.05) is 0 Å². The minimum absolute atomic E-state index is 0.0167. The predicted octanol–water partition coefficient (Wildman–Crippen LogP) is 1.97. The van der Waals surface area contributed by atoms with E-state index in [4.69, 9.17) is 4.74 Å². The molecule has 1 aromatic carbocycles. The van der Waals surface area contributed by atoms with Crippen molar-refractivity contribution in [1.29, 1.82) is 0 Å². The summed E-state index contributed by atoms with van der Waals surface area (Å²) < 4.78 is 29.9. The van der Waals surface area contributed by atoms with Crippen LogP contribution in [0, 0.1) is 6.92 Å².